The van der Waals surface area contributed by atoms with Crippen LogP contribution in [0.3, 0.4) is 0 Å². The van der Waals surface area contributed by atoms with Crippen molar-refractivity contribution in [2.24, 2.45) is 17.8 Å². The molecule has 3 aliphatic rings. The molecule has 0 aliphatic heterocycles. The van der Waals surface area contributed by atoms with Crippen LogP contribution < -0.4 is 0 Å². The molecule has 4 atom stereocenters. The molecule has 0 radical (unpaired) electrons. The Morgan fingerprint density at radius 2 is 1.34 bits per heavy atom. The maximum atomic E-state index is 5.65. The summed E-state index contributed by atoms with van der Waals surface area (Å²) in [6.45, 7) is 2.50. The molecule has 0 amide bonds. The maximum Gasteiger partial charge on any atom is 0.236 e. The Balaban J connectivity index is 1.11. The van der Waals surface area contributed by atoms with Crippen LogP contribution in [0.5, 0.6) is 0 Å². The molecule has 4 heteroatoms. The van der Waals surface area contributed by atoms with Gasteiger partial charge in [-0.25, -0.2) is 9.97 Å². The Labute approximate surface area is 341 Å². The molecule has 0 N–H and O–H groups in total. The summed E-state index contributed by atoms with van der Waals surface area (Å²) < 4.78 is 3.61. The standard InChI is InChI=1S/C54H41N3S/c1-32-27-33-25-26-54(39(28-32)29-33)43-17-9-7-15-40(43)48-44(54)23-24-45-49(48)42-30-37-13-5-6-14-38(37)31-46(42)57(45)53-55-51(50-41-16-8-10-18-47(41)58-52(50)56-53)36-21-19-35(20-22-36)34-11-3-2-4-12-34/h2-24,30-33,39H,25-29H2,1H3. The Kier molecular flexibility index (Phi) is 6.93. The van der Waals surface area contributed by atoms with E-state index in [0.717, 1.165) is 44.8 Å². The Morgan fingerprint density at radius 1 is 0.603 bits per heavy atom. The highest BCUT2D eigenvalue weighted by Crippen LogP contribution is 2.64. The van der Waals surface area contributed by atoms with Crippen molar-refractivity contribution in [2.45, 2.75) is 44.4 Å². The average Bonchev–Trinajstić information content (AvgIpc) is 3.90. The van der Waals surface area contributed by atoms with Crippen molar-refractivity contribution in [3.63, 3.8) is 0 Å². The number of nitrogens with zero attached hydrogens (tertiary/aromatic N) is 3. The molecule has 58 heavy (non-hydrogen) atoms. The topological polar surface area (TPSA) is 30.7 Å². The SMILES string of the molecule is CC1CC2CCC3(c4ccccc4-c4c3ccc3c4c4cc5ccccc5cc4n3-c3nc(-c4ccc(-c5ccccc5)cc4)c4c(n3)sc3ccccc34)C(C1)C2. The van der Waals surface area contributed by atoms with E-state index in [0.29, 0.717) is 5.92 Å². The van der Waals surface area contributed by atoms with Crippen LogP contribution in [0.4, 0.5) is 0 Å². The predicted octanol–water partition coefficient (Wildman–Crippen LogP) is 14.5. The molecule has 1 spiro atoms. The Morgan fingerprint density at radius 3 is 2.22 bits per heavy atom. The molecule has 2 saturated carbocycles. The molecule has 10 aromatic rings. The number of hydrogen-bond acceptors (Lipinski definition) is 3. The summed E-state index contributed by atoms with van der Waals surface area (Å²) in [4.78, 5) is 12.2. The Bertz CT molecular complexity index is 3300. The van der Waals surface area contributed by atoms with E-state index in [1.165, 1.54) is 91.5 Å². The predicted molar refractivity (Wildman–Crippen MR) is 243 cm³/mol. The lowest BCUT2D eigenvalue weighted by atomic mass is 9.53. The number of thiophene rings is 1. The molecule has 2 bridgehead atoms. The van der Waals surface area contributed by atoms with E-state index in [1.54, 1.807) is 22.5 Å². The van der Waals surface area contributed by atoms with Gasteiger partial charge < -0.3 is 0 Å². The van der Waals surface area contributed by atoms with Gasteiger partial charge in [0.1, 0.15) is 4.83 Å². The maximum absolute atomic E-state index is 5.65. The number of benzene rings is 7. The minimum atomic E-state index is 0.0577. The van der Waals surface area contributed by atoms with Crippen molar-refractivity contribution < 1.29 is 0 Å². The van der Waals surface area contributed by atoms with Gasteiger partial charge in [0.25, 0.3) is 0 Å². The molecule has 3 nitrogen and oxygen atoms in total. The van der Waals surface area contributed by atoms with Crippen LogP contribution in [-0.4, -0.2) is 14.5 Å². The summed E-state index contributed by atoms with van der Waals surface area (Å²) in [6, 6.07) is 56.3. The molecule has 3 aliphatic carbocycles. The summed E-state index contributed by atoms with van der Waals surface area (Å²) in [5.41, 5.74) is 12.8. The van der Waals surface area contributed by atoms with Crippen molar-refractivity contribution in [1.82, 2.24) is 14.5 Å². The van der Waals surface area contributed by atoms with Crippen LogP contribution >= 0.6 is 11.3 Å². The zero-order valence-electron chi connectivity index (χ0n) is 32.5. The highest BCUT2D eigenvalue weighted by molar-refractivity contribution is 7.25. The van der Waals surface area contributed by atoms with E-state index >= 15 is 0 Å². The smallest absolute Gasteiger partial charge is 0.236 e. The second-order valence-corrected chi connectivity index (χ2v) is 18.5. The second-order valence-electron chi connectivity index (χ2n) is 17.5. The van der Waals surface area contributed by atoms with Crippen molar-refractivity contribution >= 4 is 64.2 Å². The number of hydrogen-bond donors (Lipinski definition) is 0. The fourth-order valence-electron chi connectivity index (χ4n) is 12.0. The van der Waals surface area contributed by atoms with Gasteiger partial charge in [-0.1, -0.05) is 134 Å². The molecule has 3 heterocycles. The van der Waals surface area contributed by atoms with Gasteiger partial charge in [-0.15, -0.1) is 11.3 Å². The van der Waals surface area contributed by atoms with Crippen LogP contribution in [0.15, 0.2) is 152 Å². The second kappa shape index (κ2) is 12.2. The molecule has 7 aromatic carbocycles. The first kappa shape index (κ1) is 32.9. The van der Waals surface area contributed by atoms with Crippen molar-refractivity contribution in [1.29, 1.82) is 0 Å². The third kappa shape index (κ3) is 4.55. The summed E-state index contributed by atoms with van der Waals surface area (Å²) >= 11 is 1.76. The normalized spacial score (nSPS) is 21.1. The highest BCUT2D eigenvalue weighted by atomic mass is 32.1. The molecule has 3 aromatic heterocycles. The van der Waals surface area contributed by atoms with Gasteiger partial charge in [-0.3, -0.25) is 4.57 Å². The van der Waals surface area contributed by atoms with Gasteiger partial charge in [0.05, 0.1) is 16.7 Å². The van der Waals surface area contributed by atoms with Gasteiger partial charge in [-0.05, 0) is 118 Å². The van der Waals surface area contributed by atoms with Crippen LogP contribution in [0.2, 0.25) is 0 Å². The van der Waals surface area contributed by atoms with Crippen molar-refractivity contribution in [3.05, 3.63) is 163 Å². The third-order valence-corrected chi connectivity index (χ3v) is 15.4. The minimum Gasteiger partial charge on any atom is -0.278 e. The van der Waals surface area contributed by atoms with E-state index in [2.05, 4.69) is 163 Å². The lowest BCUT2D eigenvalue weighted by Gasteiger charge is -2.50. The molecule has 4 unspecified atom stereocenters. The monoisotopic (exact) mass is 763 g/mol. The van der Waals surface area contributed by atoms with E-state index in [1.807, 2.05) is 0 Å². The van der Waals surface area contributed by atoms with Gasteiger partial charge in [-0.2, -0.15) is 0 Å². The van der Waals surface area contributed by atoms with E-state index in [-0.39, 0.29) is 5.41 Å². The number of fused-ring (bicyclic) bond motifs is 16. The minimum absolute atomic E-state index is 0.0577. The van der Waals surface area contributed by atoms with Crippen molar-refractivity contribution in [3.8, 4) is 39.5 Å². The average molecular weight is 764 g/mol. The molecular weight excluding hydrogens is 723 g/mol. The summed E-state index contributed by atoms with van der Waals surface area (Å²) in [7, 11) is 0. The molecule has 2 fully saturated rings. The quantitative estimate of drug-likeness (QED) is 0.179. The lowest BCUT2D eigenvalue weighted by Crippen LogP contribution is -2.44. The Hall–Kier alpha value is -6.10. The highest BCUT2D eigenvalue weighted by Gasteiger charge is 2.53. The van der Waals surface area contributed by atoms with Gasteiger partial charge >= 0.3 is 0 Å². The van der Waals surface area contributed by atoms with Crippen LogP contribution in [0.1, 0.15) is 50.2 Å². The fraction of sp³-hybridized carbons (Fsp3) is 0.185. The zero-order valence-corrected chi connectivity index (χ0v) is 33.3. The van der Waals surface area contributed by atoms with Gasteiger partial charge in [0, 0.05) is 37.2 Å². The first-order valence-electron chi connectivity index (χ1n) is 21.1. The molecular formula is C54H41N3S. The molecule has 0 saturated heterocycles. The largest absolute Gasteiger partial charge is 0.278 e. The summed E-state index contributed by atoms with van der Waals surface area (Å²) in [5.74, 6) is 3.02. The van der Waals surface area contributed by atoms with Crippen LogP contribution in [-0.2, 0) is 5.41 Å². The van der Waals surface area contributed by atoms with E-state index in [4.69, 9.17) is 9.97 Å². The van der Waals surface area contributed by atoms with Crippen LogP contribution in [0.25, 0.3) is 92.3 Å². The first-order chi connectivity index (χ1) is 28.6. The summed E-state index contributed by atoms with van der Waals surface area (Å²) in [5, 5.41) is 7.42. The zero-order chi connectivity index (χ0) is 38.1. The number of rotatable bonds is 3. The van der Waals surface area contributed by atoms with E-state index < -0.39 is 0 Å². The lowest BCUT2D eigenvalue weighted by molar-refractivity contribution is 0.0856. The number of aromatic nitrogens is 3. The molecule has 278 valence electrons. The van der Waals surface area contributed by atoms with Crippen LogP contribution in [0, 0.1) is 17.8 Å². The summed E-state index contributed by atoms with van der Waals surface area (Å²) in [6.07, 6.45) is 6.61. The fourth-order valence-corrected chi connectivity index (χ4v) is 13.1. The first-order valence-corrected chi connectivity index (χ1v) is 21.9. The molecule has 13 rings (SSSR count). The van der Waals surface area contributed by atoms with Gasteiger partial charge in [0.15, 0.2) is 0 Å². The van der Waals surface area contributed by atoms with Crippen molar-refractivity contribution in [2.75, 3.05) is 0 Å². The van der Waals surface area contributed by atoms with E-state index in [9.17, 15) is 0 Å². The van der Waals surface area contributed by atoms with Gasteiger partial charge in [0.2, 0.25) is 5.95 Å². The third-order valence-electron chi connectivity index (χ3n) is 14.3.